The minimum absolute atomic E-state index is 0.0925. The molecule has 0 radical (unpaired) electrons. The second-order valence-electron chi connectivity index (χ2n) is 3.44. The SMILES string of the molecule is O=[N+]([O-])c1cc(CCl)c2c(c1)COCC2. The van der Waals surface area contributed by atoms with Crippen LogP contribution in [0.3, 0.4) is 0 Å². The number of non-ortho nitro benzene ring substituents is 1. The molecule has 4 nitrogen and oxygen atoms in total. The quantitative estimate of drug-likeness (QED) is 0.443. The summed E-state index contributed by atoms with van der Waals surface area (Å²) in [6.07, 6.45) is 0.787. The summed E-state index contributed by atoms with van der Waals surface area (Å²) in [6.45, 7) is 1.11. The van der Waals surface area contributed by atoms with Crippen LogP contribution < -0.4 is 0 Å². The van der Waals surface area contributed by atoms with Gasteiger partial charge in [-0.2, -0.15) is 0 Å². The lowest BCUT2D eigenvalue weighted by Gasteiger charge is -2.18. The molecule has 0 fully saturated rings. The van der Waals surface area contributed by atoms with Gasteiger partial charge < -0.3 is 4.74 Å². The van der Waals surface area contributed by atoms with Crippen LogP contribution in [0.1, 0.15) is 16.7 Å². The third kappa shape index (κ3) is 1.96. The van der Waals surface area contributed by atoms with Crippen molar-refractivity contribution in [3.05, 3.63) is 38.9 Å². The number of benzene rings is 1. The first-order valence-corrected chi connectivity index (χ1v) is 5.18. The van der Waals surface area contributed by atoms with E-state index in [1.807, 2.05) is 0 Å². The van der Waals surface area contributed by atoms with Crippen LogP contribution in [0.15, 0.2) is 12.1 Å². The van der Waals surface area contributed by atoms with Gasteiger partial charge in [0.1, 0.15) is 0 Å². The van der Waals surface area contributed by atoms with Crippen LogP contribution in [0, 0.1) is 10.1 Å². The minimum atomic E-state index is -0.398. The highest BCUT2D eigenvalue weighted by molar-refractivity contribution is 6.17. The summed E-state index contributed by atoms with van der Waals surface area (Å²) in [4.78, 5) is 10.3. The van der Waals surface area contributed by atoms with Gasteiger partial charge >= 0.3 is 0 Å². The van der Waals surface area contributed by atoms with Gasteiger partial charge in [0, 0.05) is 18.0 Å². The smallest absolute Gasteiger partial charge is 0.270 e. The Hall–Kier alpha value is -1.13. The summed E-state index contributed by atoms with van der Waals surface area (Å²) < 4.78 is 5.26. The maximum Gasteiger partial charge on any atom is 0.270 e. The zero-order valence-corrected chi connectivity index (χ0v) is 8.79. The molecule has 0 bridgehead atoms. The van der Waals surface area contributed by atoms with Crippen molar-refractivity contribution < 1.29 is 9.66 Å². The van der Waals surface area contributed by atoms with Crippen LogP contribution >= 0.6 is 11.6 Å². The highest BCUT2D eigenvalue weighted by Crippen LogP contribution is 2.27. The molecule has 0 amide bonds. The number of fused-ring (bicyclic) bond motifs is 1. The predicted octanol–water partition coefficient (Wildman–Crippen LogP) is 2.41. The number of nitro groups is 1. The first-order valence-electron chi connectivity index (χ1n) is 4.65. The number of ether oxygens (including phenoxy) is 1. The topological polar surface area (TPSA) is 52.4 Å². The molecule has 1 aromatic carbocycles. The van der Waals surface area contributed by atoms with E-state index in [1.165, 1.54) is 0 Å². The third-order valence-corrected chi connectivity index (χ3v) is 2.82. The Morgan fingerprint density at radius 1 is 1.53 bits per heavy atom. The molecular weight excluding hydrogens is 218 g/mol. The molecule has 1 aliphatic rings. The van der Waals surface area contributed by atoms with E-state index in [1.54, 1.807) is 12.1 Å². The maximum absolute atomic E-state index is 10.7. The Morgan fingerprint density at radius 3 is 3.00 bits per heavy atom. The first-order chi connectivity index (χ1) is 7.22. The third-order valence-electron chi connectivity index (χ3n) is 2.53. The van der Waals surface area contributed by atoms with Crippen molar-refractivity contribution in [2.45, 2.75) is 18.9 Å². The fourth-order valence-electron chi connectivity index (χ4n) is 1.81. The number of hydrogen-bond acceptors (Lipinski definition) is 3. The molecule has 1 aromatic rings. The van der Waals surface area contributed by atoms with Gasteiger partial charge in [0.2, 0.25) is 0 Å². The zero-order chi connectivity index (χ0) is 10.8. The molecule has 0 aliphatic carbocycles. The summed E-state index contributed by atoms with van der Waals surface area (Å²) in [7, 11) is 0. The Labute approximate surface area is 92.0 Å². The van der Waals surface area contributed by atoms with Gasteiger partial charge in [0.25, 0.3) is 5.69 Å². The Morgan fingerprint density at radius 2 is 2.33 bits per heavy atom. The van der Waals surface area contributed by atoms with Crippen molar-refractivity contribution in [3.8, 4) is 0 Å². The molecule has 15 heavy (non-hydrogen) atoms. The molecule has 0 saturated heterocycles. The van der Waals surface area contributed by atoms with Crippen LogP contribution in [0.25, 0.3) is 0 Å². The fourth-order valence-corrected chi connectivity index (χ4v) is 2.05. The first kappa shape index (κ1) is 10.4. The predicted molar refractivity (Wildman–Crippen MR) is 56.0 cm³/mol. The fraction of sp³-hybridized carbons (Fsp3) is 0.400. The molecule has 0 aromatic heterocycles. The van der Waals surface area contributed by atoms with Gasteiger partial charge in [-0.1, -0.05) is 0 Å². The second-order valence-corrected chi connectivity index (χ2v) is 3.70. The molecule has 80 valence electrons. The van der Waals surface area contributed by atoms with Crippen LogP contribution in [-0.4, -0.2) is 11.5 Å². The van der Waals surface area contributed by atoms with E-state index in [2.05, 4.69) is 0 Å². The highest BCUT2D eigenvalue weighted by Gasteiger charge is 2.18. The van der Waals surface area contributed by atoms with Crippen LogP contribution in [0.2, 0.25) is 0 Å². The number of halogens is 1. The van der Waals surface area contributed by atoms with Crippen LogP contribution in [0.4, 0.5) is 5.69 Å². The van der Waals surface area contributed by atoms with E-state index in [9.17, 15) is 10.1 Å². The highest BCUT2D eigenvalue weighted by atomic mass is 35.5. The number of nitrogens with zero attached hydrogens (tertiary/aromatic N) is 1. The van der Waals surface area contributed by atoms with Crippen molar-refractivity contribution in [3.63, 3.8) is 0 Å². The summed E-state index contributed by atoms with van der Waals surface area (Å²) in [5, 5.41) is 10.7. The van der Waals surface area contributed by atoms with Gasteiger partial charge in [-0.25, -0.2) is 0 Å². The van der Waals surface area contributed by atoms with E-state index in [0.29, 0.717) is 19.1 Å². The maximum atomic E-state index is 10.7. The van der Waals surface area contributed by atoms with Gasteiger partial charge in [-0.3, -0.25) is 10.1 Å². The van der Waals surface area contributed by atoms with E-state index in [4.69, 9.17) is 16.3 Å². The average molecular weight is 228 g/mol. The standard InChI is InChI=1S/C10H10ClNO3/c11-5-7-3-9(12(13)14)4-8-6-15-2-1-10(7)8/h3-4H,1-2,5-6H2. The monoisotopic (exact) mass is 227 g/mol. The Kier molecular flexibility index (Phi) is 2.88. The molecule has 0 unspecified atom stereocenters. The summed E-state index contributed by atoms with van der Waals surface area (Å²) in [5.74, 6) is 0.310. The number of nitro benzene ring substituents is 1. The number of rotatable bonds is 2. The van der Waals surface area contributed by atoms with Crippen molar-refractivity contribution in [2.24, 2.45) is 0 Å². The molecule has 1 heterocycles. The summed E-state index contributed by atoms with van der Waals surface area (Å²) in [6, 6.07) is 3.13. The molecular formula is C10H10ClNO3. The molecule has 0 N–H and O–H groups in total. The lowest BCUT2D eigenvalue weighted by molar-refractivity contribution is -0.385. The van der Waals surface area contributed by atoms with Crippen molar-refractivity contribution >= 4 is 17.3 Å². The summed E-state index contributed by atoms with van der Waals surface area (Å²) >= 11 is 5.78. The Balaban J connectivity index is 2.52. The normalized spacial score (nSPS) is 14.7. The number of hydrogen-bond donors (Lipinski definition) is 0. The average Bonchev–Trinajstić information content (AvgIpc) is 2.27. The second kappa shape index (κ2) is 4.16. The molecule has 1 aliphatic heterocycles. The van der Waals surface area contributed by atoms with E-state index < -0.39 is 4.92 Å². The van der Waals surface area contributed by atoms with Gasteiger partial charge in [0.15, 0.2) is 0 Å². The summed E-state index contributed by atoms with van der Waals surface area (Å²) in [5.41, 5.74) is 2.95. The van der Waals surface area contributed by atoms with Crippen molar-refractivity contribution in [1.29, 1.82) is 0 Å². The minimum Gasteiger partial charge on any atom is -0.376 e. The van der Waals surface area contributed by atoms with Crippen molar-refractivity contribution in [2.75, 3.05) is 6.61 Å². The van der Waals surface area contributed by atoms with Gasteiger partial charge in [0.05, 0.1) is 18.1 Å². The molecule has 0 atom stereocenters. The Bertz CT molecular complexity index is 389. The lowest BCUT2D eigenvalue weighted by atomic mass is 9.97. The van der Waals surface area contributed by atoms with Gasteiger partial charge in [-0.15, -0.1) is 11.6 Å². The molecule has 2 rings (SSSR count). The van der Waals surface area contributed by atoms with E-state index >= 15 is 0 Å². The van der Waals surface area contributed by atoms with Crippen LogP contribution in [0.5, 0.6) is 0 Å². The molecule has 0 spiro atoms. The van der Waals surface area contributed by atoms with E-state index in [0.717, 1.165) is 23.1 Å². The van der Waals surface area contributed by atoms with Crippen LogP contribution in [-0.2, 0) is 23.6 Å². The van der Waals surface area contributed by atoms with Gasteiger partial charge in [-0.05, 0) is 23.1 Å². The zero-order valence-electron chi connectivity index (χ0n) is 8.03. The molecule has 0 saturated carbocycles. The van der Waals surface area contributed by atoms with E-state index in [-0.39, 0.29) is 5.69 Å². The number of alkyl halides is 1. The molecule has 5 heteroatoms. The lowest BCUT2D eigenvalue weighted by Crippen LogP contribution is -2.12. The largest absolute Gasteiger partial charge is 0.376 e. The van der Waals surface area contributed by atoms with Crippen molar-refractivity contribution in [1.82, 2.24) is 0 Å².